The molecule has 0 saturated heterocycles. The molecular formula is C16H17NO4. The van der Waals surface area contributed by atoms with Gasteiger partial charge in [-0.1, -0.05) is 24.3 Å². The first kappa shape index (κ1) is 14.7. The number of anilines is 1. The molecule has 0 aliphatic rings. The summed E-state index contributed by atoms with van der Waals surface area (Å²) in [4.78, 5) is 11.5. The number of aromatic hydroxyl groups is 1. The molecule has 0 bridgehead atoms. The molecule has 0 aliphatic heterocycles. The van der Waals surface area contributed by atoms with Crippen molar-refractivity contribution in [1.82, 2.24) is 0 Å². The monoisotopic (exact) mass is 287 g/mol. The third-order valence-corrected chi connectivity index (χ3v) is 3.23. The number of phenols is 1. The van der Waals surface area contributed by atoms with Crippen LogP contribution >= 0.6 is 0 Å². The van der Waals surface area contributed by atoms with Crippen molar-refractivity contribution in [3.8, 4) is 11.5 Å². The highest BCUT2D eigenvalue weighted by molar-refractivity contribution is 5.80. The molecule has 3 N–H and O–H groups in total. The van der Waals surface area contributed by atoms with Gasteiger partial charge in [-0.15, -0.1) is 0 Å². The lowest BCUT2D eigenvalue weighted by molar-refractivity contribution is -0.138. The van der Waals surface area contributed by atoms with E-state index in [9.17, 15) is 15.0 Å². The molecule has 0 spiro atoms. The highest BCUT2D eigenvalue weighted by Crippen LogP contribution is 2.30. The van der Waals surface area contributed by atoms with Gasteiger partial charge in [0.05, 0.1) is 7.11 Å². The maximum atomic E-state index is 11.5. The molecule has 1 atom stereocenters. The summed E-state index contributed by atoms with van der Waals surface area (Å²) in [5.74, 6) is -0.811. The number of methoxy groups -OCH3 is 1. The van der Waals surface area contributed by atoms with Crippen LogP contribution < -0.4 is 10.1 Å². The van der Waals surface area contributed by atoms with Crippen LogP contribution in [0.1, 0.15) is 17.2 Å². The second kappa shape index (κ2) is 6.17. The van der Waals surface area contributed by atoms with Gasteiger partial charge in [-0.2, -0.15) is 0 Å². The fraction of sp³-hybridized carbons (Fsp3) is 0.188. The first-order chi connectivity index (χ1) is 10.0. The molecule has 0 aliphatic carbocycles. The van der Waals surface area contributed by atoms with Gasteiger partial charge in [0.25, 0.3) is 0 Å². The number of aryl methyl sites for hydroxylation is 1. The summed E-state index contributed by atoms with van der Waals surface area (Å²) in [5, 5.41) is 22.2. The van der Waals surface area contributed by atoms with Crippen LogP contribution in [0.2, 0.25) is 0 Å². The van der Waals surface area contributed by atoms with Crippen molar-refractivity contribution in [2.24, 2.45) is 0 Å². The number of carbonyl (C=O) groups is 1. The Morgan fingerprint density at radius 2 is 1.95 bits per heavy atom. The minimum atomic E-state index is -1.03. The Morgan fingerprint density at radius 1 is 1.24 bits per heavy atom. The molecule has 0 heterocycles. The van der Waals surface area contributed by atoms with E-state index in [1.54, 1.807) is 12.1 Å². The lowest BCUT2D eigenvalue weighted by Gasteiger charge is -2.18. The minimum Gasteiger partial charge on any atom is -0.504 e. The number of para-hydroxylation sites is 1. The molecule has 5 heteroatoms. The van der Waals surface area contributed by atoms with Crippen LogP contribution in [0.5, 0.6) is 11.5 Å². The van der Waals surface area contributed by atoms with Gasteiger partial charge < -0.3 is 20.3 Å². The third kappa shape index (κ3) is 3.25. The molecule has 0 fully saturated rings. The number of phenolic OH excluding ortho intramolecular Hbond substituents is 1. The zero-order valence-electron chi connectivity index (χ0n) is 11.8. The van der Waals surface area contributed by atoms with Crippen molar-refractivity contribution in [3.63, 3.8) is 0 Å². The van der Waals surface area contributed by atoms with Gasteiger partial charge >= 0.3 is 5.97 Å². The number of rotatable bonds is 5. The fourth-order valence-electron chi connectivity index (χ4n) is 2.06. The first-order valence-corrected chi connectivity index (χ1v) is 6.45. The SMILES string of the molecule is COc1ccc(C(Nc2ccccc2C)C(=O)O)cc1O. The normalized spacial score (nSPS) is 11.7. The lowest BCUT2D eigenvalue weighted by atomic mass is 10.0. The summed E-state index contributed by atoms with van der Waals surface area (Å²) in [6, 6.07) is 11.0. The number of hydrogen-bond acceptors (Lipinski definition) is 4. The van der Waals surface area contributed by atoms with Crippen molar-refractivity contribution >= 4 is 11.7 Å². The van der Waals surface area contributed by atoms with Gasteiger partial charge in [-0.25, -0.2) is 4.79 Å². The van der Waals surface area contributed by atoms with Crippen LogP contribution in [-0.2, 0) is 4.79 Å². The Morgan fingerprint density at radius 3 is 2.52 bits per heavy atom. The van der Waals surface area contributed by atoms with Crippen LogP contribution in [0.4, 0.5) is 5.69 Å². The number of ether oxygens (including phenoxy) is 1. The van der Waals surface area contributed by atoms with Crippen molar-refractivity contribution in [1.29, 1.82) is 0 Å². The van der Waals surface area contributed by atoms with Crippen molar-refractivity contribution < 1.29 is 19.7 Å². The van der Waals surface area contributed by atoms with Gasteiger partial charge in [0.2, 0.25) is 0 Å². The average molecular weight is 287 g/mol. The zero-order chi connectivity index (χ0) is 15.4. The summed E-state index contributed by atoms with van der Waals surface area (Å²) in [6.07, 6.45) is 0. The van der Waals surface area contributed by atoms with Crippen LogP contribution in [0.15, 0.2) is 42.5 Å². The van der Waals surface area contributed by atoms with Gasteiger partial charge in [-0.05, 0) is 36.2 Å². The molecule has 2 aromatic carbocycles. The second-order valence-corrected chi connectivity index (χ2v) is 4.66. The zero-order valence-corrected chi connectivity index (χ0v) is 11.8. The Kier molecular flexibility index (Phi) is 4.33. The molecule has 0 saturated carbocycles. The second-order valence-electron chi connectivity index (χ2n) is 4.66. The maximum Gasteiger partial charge on any atom is 0.330 e. The quantitative estimate of drug-likeness (QED) is 0.788. The number of benzene rings is 2. The first-order valence-electron chi connectivity index (χ1n) is 6.45. The highest BCUT2D eigenvalue weighted by atomic mass is 16.5. The Balaban J connectivity index is 2.34. The summed E-state index contributed by atoms with van der Waals surface area (Å²) >= 11 is 0. The van der Waals surface area contributed by atoms with Gasteiger partial charge in [0, 0.05) is 5.69 Å². The Bertz CT molecular complexity index is 654. The van der Waals surface area contributed by atoms with E-state index in [0.717, 1.165) is 11.3 Å². The molecule has 110 valence electrons. The molecular weight excluding hydrogens is 270 g/mol. The molecule has 5 nitrogen and oxygen atoms in total. The number of carboxylic acid groups (broad SMARTS) is 1. The van der Waals surface area contributed by atoms with E-state index >= 15 is 0 Å². The van der Waals surface area contributed by atoms with E-state index in [1.807, 2.05) is 31.2 Å². The van der Waals surface area contributed by atoms with Crippen LogP contribution in [0.25, 0.3) is 0 Å². The predicted molar refractivity (Wildman–Crippen MR) is 79.8 cm³/mol. The van der Waals surface area contributed by atoms with E-state index in [-0.39, 0.29) is 5.75 Å². The van der Waals surface area contributed by atoms with Gasteiger partial charge in [0.15, 0.2) is 17.5 Å². The largest absolute Gasteiger partial charge is 0.504 e. The molecule has 0 aromatic heterocycles. The van der Waals surface area contributed by atoms with Crippen molar-refractivity contribution in [3.05, 3.63) is 53.6 Å². The lowest BCUT2D eigenvalue weighted by Crippen LogP contribution is -2.20. The number of hydrogen-bond donors (Lipinski definition) is 3. The molecule has 0 amide bonds. The number of aliphatic carboxylic acids is 1. The fourth-order valence-corrected chi connectivity index (χ4v) is 2.06. The summed E-state index contributed by atoms with van der Waals surface area (Å²) in [7, 11) is 1.44. The molecule has 2 rings (SSSR count). The Hall–Kier alpha value is -2.69. The molecule has 2 aromatic rings. The van der Waals surface area contributed by atoms with Gasteiger partial charge in [-0.3, -0.25) is 0 Å². The summed E-state index contributed by atoms with van der Waals surface area (Å²) in [5.41, 5.74) is 2.13. The highest BCUT2D eigenvalue weighted by Gasteiger charge is 2.21. The standard InChI is InChI=1S/C16H17NO4/c1-10-5-3-4-6-12(10)17-15(16(19)20)11-7-8-14(21-2)13(18)9-11/h3-9,15,17-18H,1-2H3,(H,19,20). The van der Waals surface area contributed by atoms with Gasteiger partial charge in [0.1, 0.15) is 0 Å². The third-order valence-electron chi connectivity index (χ3n) is 3.23. The Labute approximate surface area is 122 Å². The number of nitrogens with one attached hydrogen (secondary N) is 1. The van der Waals surface area contributed by atoms with Crippen LogP contribution in [0.3, 0.4) is 0 Å². The van der Waals surface area contributed by atoms with Crippen LogP contribution in [-0.4, -0.2) is 23.3 Å². The van der Waals surface area contributed by atoms with Crippen molar-refractivity contribution in [2.45, 2.75) is 13.0 Å². The van der Waals surface area contributed by atoms with Crippen molar-refractivity contribution in [2.75, 3.05) is 12.4 Å². The van der Waals surface area contributed by atoms with E-state index in [2.05, 4.69) is 5.32 Å². The summed E-state index contributed by atoms with van der Waals surface area (Å²) in [6.45, 7) is 1.90. The minimum absolute atomic E-state index is 0.0900. The summed E-state index contributed by atoms with van der Waals surface area (Å²) < 4.78 is 4.96. The molecule has 0 radical (unpaired) electrons. The van der Waals surface area contributed by atoms with E-state index < -0.39 is 12.0 Å². The van der Waals surface area contributed by atoms with E-state index in [0.29, 0.717) is 11.3 Å². The molecule has 21 heavy (non-hydrogen) atoms. The topological polar surface area (TPSA) is 78.8 Å². The van der Waals surface area contributed by atoms with E-state index in [4.69, 9.17) is 4.74 Å². The predicted octanol–water partition coefficient (Wildman–Crippen LogP) is 2.95. The van der Waals surface area contributed by atoms with Crippen LogP contribution in [0, 0.1) is 6.92 Å². The van der Waals surface area contributed by atoms with E-state index in [1.165, 1.54) is 13.2 Å². The maximum absolute atomic E-state index is 11.5. The molecule has 1 unspecified atom stereocenters. The average Bonchev–Trinajstić information content (AvgIpc) is 2.46. The smallest absolute Gasteiger partial charge is 0.330 e. The number of carboxylic acids is 1.